The smallest absolute Gasteiger partial charge is 0.178 e. The van der Waals surface area contributed by atoms with E-state index in [0.29, 0.717) is 0 Å². The van der Waals surface area contributed by atoms with Crippen molar-refractivity contribution in [2.75, 3.05) is 65.4 Å². The number of benzene rings is 6. The first kappa shape index (κ1) is 50.7. The van der Waals surface area contributed by atoms with Gasteiger partial charge in [0.2, 0.25) is 0 Å². The number of rotatable bonds is 14. The van der Waals surface area contributed by atoms with Gasteiger partial charge in [0.05, 0.1) is 23.5 Å². The Morgan fingerprint density at radius 2 is 0.778 bits per heavy atom. The van der Waals surface area contributed by atoms with Gasteiger partial charge in [-0.1, -0.05) is 177 Å². The number of piperazine rings is 2. The van der Waals surface area contributed by atoms with Gasteiger partial charge in [-0.3, -0.25) is 19.6 Å². The van der Waals surface area contributed by atoms with Crippen molar-refractivity contribution < 1.29 is 0 Å². The van der Waals surface area contributed by atoms with Gasteiger partial charge in [0.1, 0.15) is 0 Å². The van der Waals surface area contributed by atoms with E-state index in [1.54, 1.807) is 0 Å². The molecule has 4 heterocycles. The van der Waals surface area contributed by atoms with Gasteiger partial charge in [-0.2, -0.15) is 9.36 Å². The summed E-state index contributed by atoms with van der Waals surface area (Å²) in [5.41, 5.74) is 11.6. The predicted molar refractivity (Wildman–Crippen MR) is 296 cm³/mol. The number of para-hydroxylation sites is 2. The molecule has 12 nitrogen and oxygen atoms in total. The molecule has 0 amide bonds. The SMILES string of the molecule is Cc1cccc(C)c1-n1nnnc1[C@H](c1ccc(Br)cc1)N1CCN(C/C=C/c2ccccc2)CC1.Cc1cccc(C)c1-n1nnnc1[C@H](c1ccc(Br)cc1)N1CCN(C/C=C/c2ccccc2)CC1. The number of halogens is 2. The molecular weight excluding hydrogens is 1020 g/mol. The highest BCUT2D eigenvalue weighted by atomic mass is 79.9. The maximum absolute atomic E-state index is 4.58. The summed E-state index contributed by atoms with van der Waals surface area (Å²) in [4.78, 5) is 10.0. The lowest BCUT2D eigenvalue weighted by Gasteiger charge is -2.38. The lowest BCUT2D eigenvalue weighted by Crippen LogP contribution is -2.48. The molecule has 0 bridgehead atoms. The van der Waals surface area contributed by atoms with E-state index >= 15 is 0 Å². The van der Waals surface area contributed by atoms with Gasteiger partial charge in [-0.05, 0) is 117 Å². The second-order valence-corrected chi connectivity index (χ2v) is 20.4. The monoisotopic (exact) mass is 1080 g/mol. The topological polar surface area (TPSA) is 100 Å². The molecule has 0 unspecified atom stereocenters. The lowest BCUT2D eigenvalue weighted by molar-refractivity contribution is 0.113. The van der Waals surface area contributed by atoms with E-state index < -0.39 is 0 Å². The molecule has 10 rings (SSSR count). The molecule has 72 heavy (non-hydrogen) atoms. The van der Waals surface area contributed by atoms with Crippen molar-refractivity contribution in [3.05, 3.63) is 223 Å². The van der Waals surface area contributed by atoms with Crippen molar-refractivity contribution in [3.63, 3.8) is 0 Å². The molecule has 0 radical (unpaired) electrons. The second-order valence-electron chi connectivity index (χ2n) is 18.6. The van der Waals surface area contributed by atoms with Crippen LogP contribution in [-0.2, 0) is 0 Å². The molecule has 2 aliphatic rings. The average molecular weight is 1090 g/mol. The largest absolute Gasteiger partial charge is 0.297 e. The minimum Gasteiger partial charge on any atom is -0.297 e. The van der Waals surface area contributed by atoms with Gasteiger partial charge in [-0.15, -0.1) is 10.2 Å². The van der Waals surface area contributed by atoms with Crippen LogP contribution in [0.4, 0.5) is 0 Å². The summed E-state index contributed by atoms with van der Waals surface area (Å²) < 4.78 is 6.00. The summed E-state index contributed by atoms with van der Waals surface area (Å²) in [5, 5.41) is 26.3. The molecule has 2 fully saturated rings. The Morgan fingerprint density at radius 3 is 1.12 bits per heavy atom. The number of hydrogen-bond donors (Lipinski definition) is 0. The van der Waals surface area contributed by atoms with E-state index in [4.69, 9.17) is 0 Å². The minimum atomic E-state index is -0.0332. The van der Waals surface area contributed by atoms with Crippen LogP contribution >= 0.6 is 31.9 Å². The fourth-order valence-electron chi connectivity index (χ4n) is 9.88. The highest BCUT2D eigenvalue weighted by Crippen LogP contribution is 2.34. The van der Waals surface area contributed by atoms with Crippen molar-refractivity contribution in [1.82, 2.24) is 60.0 Å². The third kappa shape index (κ3) is 12.5. The van der Waals surface area contributed by atoms with Gasteiger partial charge >= 0.3 is 0 Å². The highest BCUT2D eigenvalue weighted by Gasteiger charge is 2.33. The lowest BCUT2D eigenvalue weighted by atomic mass is 10.0. The van der Waals surface area contributed by atoms with Crippen molar-refractivity contribution >= 4 is 44.0 Å². The Kier molecular flexibility index (Phi) is 17.2. The molecule has 0 aliphatic carbocycles. The van der Waals surface area contributed by atoms with Crippen LogP contribution in [0.2, 0.25) is 0 Å². The van der Waals surface area contributed by atoms with Gasteiger partial charge in [-0.25, -0.2) is 0 Å². The molecule has 8 aromatic rings. The molecule has 6 aromatic carbocycles. The number of aryl methyl sites for hydroxylation is 4. The number of tetrazole rings is 2. The third-order valence-corrected chi connectivity index (χ3v) is 14.7. The summed E-state index contributed by atoms with van der Waals surface area (Å²) in [6, 6.07) is 50.6. The van der Waals surface area contributed by atoms with E-state index in [-0.39, 0.29) is 12.1 Å². The average Bonchev–Trinajstić information content (AvgIpc) is 4.07. The molecule has 0 N–H and O–H groups in total. The fraction of sp³-hybridized carbons (Fsp3) is 0.276. The van der Waals surface area contributed by atoms with E-state index in [1.807, 2.05) is 9.36 Å². The van der Waals surface area contributed by atoms with Crippen LogP contribution in [-0.4, -0.2) is 125 Å². The Labute approximate surface area is 440 Å². The summed E-state index contributed by atoms with van der Waals surface area (Å²) in [7, 11) is 0. The van der Waals surface area contributed by atoms with Crippen molar-refractivity contribution in [1.29, 1.82) is 0 Å². The molecule has 14 heteroatoms. The molecule has 0 saturated carbocycles. The highest BCUT2D eigenvalue weighted by molar-refractivity contribution is 9.10. The number of nitrogens with zero attached hydrogens (tertiary/aromatic N) is 12. The molecule has 0 spiro atoms. The Hall–Kier alpha value is -6.26. The molecular formula is C58H62Br2N12. The van der Waals surface area contributed by atoms with Crippen molar-refractivity contribution in [2.24, 2.45) is 0 Å². The Morgan fingerprint density at radius 1 is 0.431 bits per heavy atom. The first-order chi connectivity index (χ1) is 35.2. The van der Waals surface area contributed by atoms with Crippen LogP contribution in [0, 0.1) is 27.7 Å². The number of aromatic nitrogens is 8. The van der Waals surface area contributed by atoms with E-state index in [2.05, 4.69) is 280 Å². The minimum absolute atomic E-state index is 0.0332. The van der Waals surface area contributed by atoms with Crippen LogP contribution in [0.1, 0.15) is 68.2 Å². The zero-order valence-corrected chi connectivity index (χ0v) is 44.7. The Balaban J connectivity index is 0.000000178. The second kappa shape index (κ2) is 24.4. The quantitative estimate of drug-likeness (QED) is 0.105. The van der Waals surface area contributed by atoms with Gasteiger partial charge in [0.15, 0.2) is 11.6 Å². The van der Waals surface area contributed by atoms with Gasteiger partial charge in [0, 0.05) is 74.4 Å². The van der Waals surface area contributed by atoms with Crippen LogP contribution in [0.3, 0.4) is 0 Å². The first-order valence-electron chi connectivity index (χ1n) is 24.8. The van der Waals surface area contributed by atoms with Gasteiger partial charge < -0.3 is 0 Å². The van der Waals surface area contributed by atoms with Crippen LogP contribution in [0.5, 0.6) is 0 Å². The number of hydrogen-bond acceptors (Lipinski definition) is 10. The molecule has 2 atom stereocenters. The van der Waals surface area contributed by atoms with Crippen molar-refractivity contribution in [3.8, 4) is 11.4 Å². The fourth-order valence-corrected chi connectivity index (χ4v) is 10.4. The molecule has 2 aromatic heterocycles. The zero-order chi connectivity index (χ0) is 49.8. The predicted octanol–water partition coefficient (Wildman–Crippen LogP) is 10.9. The molecule has 2 saturated heterocycles. The van der Waals surface area contributed by atoms with E-state index in [9.17, 15) is 0 Å². The third-order valence-electron chi connectivity index (χ3n) is 13.6. The molecule has 2 aliphatic heterocycles. The van der Waals surface area contributed by atoms with Crippen LogP contribution in [0.25, 0.3) is 23.5 Å². The van der Waals surface area contributed by atoms with Crippen LogP contribution in [0.15, 0.2) is 167 Å². The van der Waals surface area contributed by atoms with Gasteiger partial charge in [0.25, 0.3) is 0 Å². The standard InChI is InChI=1S/2C29H31BrN6/c2*1-22-8-6-9-23(2)27(22)36-29(31-32-33-36)28(25-13-15-26(30)16-14-25)35-20-18-34(19-21-35)17-7-12-24-10-4-3-5-11-24/h2*3-16,28H,17-21H2,1-2H3/b2*12-7+/t2*28-/m00/s1. The van der Waals surface area contributed by atoms with Crippen LogP contribution < -0.4 is 0 Å². The maximum Gasteiger partial charge on any atom is 0.178 e. The Bertz CT molecular complexity index is 2780. The first-order valence-corrected chi connectivity index (χ1v) is 26.4. The summed E-state index contributed by atoms with van der Waals surface area (Å²) in [6.45, 7) is 18.1. The normalized spacial score (nSPS) is 16.0. The summed E-state index contributed by atoms with van der Waals surface area (Å²) in [6.07, 6.45) is 8.93. The summed E-state index contributed by atoms with van der Waals surface area (Å²) in [5.74, 6) is 1.71. The zero-order valence-electron chi connectivity index (χ0n) is 41.5. The maximum atomic E-state index is 4.58. The summed E-state index contributed by atoms with van der Waals surface area (Å²) >= 11 is 7.17. The molecule has 368 valence electrons. The van der Waals surface area contributed by atoms with E-state index in [1.165, 1.54) is 22.3 Å². The van der Waals surface area contributed by atoms with Crippen molar-refractivity contribution in [2.45, 2.75) is 39.8 Å². The van der Waals surface area contributed by atoms with E-state index in [0.717, 1.165) is 120 Å².